The van der Waals surface area contributed by atoms with Crippen molar-refractivity contribution in [3.8, 4) is 6.07 Å². The summed E-state index contributed by atoms with van der Waals surface area (Å²) in [6.45, 7) is -0.335. The molecule has 3 amide bonds. The van der Waals surface area contributed by atoms with Crippen LogP contribution in [0.15, 0.2) is 60.0 Å². The summed E-state index contributed by atoms with van der Waals surface area (Å²) in [4.78, 5) is 51.0. The van der Waals surface area contributed by atoms with Gasteiger partial charge in [-0.05, 0) is 41.6 Å². The average molecular weight is 459 g/mol. The van der Waals surface area contributed by atoms with Gasteiger partial charge in [-0.15, -0.1) is 11.3 Å². The van der Waals surface area contributed by atoms with Crippen molar-refractivity contribution in [3.05, 3.63) is 87.8 Å². The molecule has 3 aromatic rings. The first-order valence-corrected chi connectivity index (χ1v) is 10.8. The molecule has 0 bridgehead atoms. The molecule has 164 valence electrons. The molecule has 4 rings (SSSR count). The van der Waals surface area contributed by atoms with E-state index in [4.69, 9.17) is 10.00 Å². The van der Waals surface area contributed by atoms with E-state index in [0.29, 0.717) is 17.0 Å². The number of nitrogens with zero attached hydrogens (tertiary/aromatic N) is 2. The Hall–Kier alpha value is -4.29. The second-order valence-electron chi connectivity index (χ2n) is 7.16. The van der Waals surface area contributed by atoms with Gasteiger partial charge in [-0.3, -0.25) is 19.3 Å². The molecule has 0 saturated carbocycles. The number of amides is 3. The summed E-state index contributed by atoms with van der Waals surface area (Å²) in [5.41, 5.74) is 1.73. The minimum absolute atomic E-state index is 0.0569. The Morgan fingerprint density at radius 3 is 2.55 bits per heavy atom. The lowest BCUT2D eigenvalue weighted by atomic mass is 10.1. The third kappa shape index (κ3) is 4.66. The fourth-order valence-corrected chi connectivity index (χ4v) is 4.13. The Kier molecular flexibility index (Phi) is 6.29. The van der Waals surface area contributed by atoms with Crippen LogP contribution >= 0.6 is 11.3 Å². The topological polar surface area (TPSA) is 117 Å². The van der Waals surface area contributed by atoms with Crippen molar-refractivity contribution in [3.63, 3.8) is 0 Å². The number of fused-ring (bicyclic) bond motifs is 1. The first kappa shape index (κ1) is 21.9. The van der Waals surface area contributed by atoms with Crippen LogP contribution in [0.5, 0.6) is 0 Å². The molecular formula is C24H17N3O5S. The van der Waals surface area contributed by atoms with E-state index in [1.807, 2.05) is 36.4 Å². The largest absolute Gasteiger partial charge is 0.452 e. The van der Waals surface area contributed by atoms with Crippen LogP contribution in [0.2, 0.25) is 0 Å². The van der Waals surface area contributed by atoms with Gasteiger partial charge in [0.05, 0.1) is 22.3 Å². The van der Waals surface area contributed by atoms with E-state index in [0.717, 1.165) is 10.5 Å². The number of carbonyl (C=O) groups is 4. The highest BCUT2D eigenvalue weighted by molar-refractivity contribution is 7.14. The SMILES string of the molecule is N#Cc1ccsc1NC(=O)COC(=O)c1ccc2c(c1)C(=O)N(CCc1ccccc1)C2=O. The summed E-state index contributed by atoms with van der Waals surface area (Å²) in [5.74, 6) is -2.28. The van der Waals surface area contributed by atoms with Crippen molar-refractivity contribution in [1.82, 2.24) is 4.90 Å². The fraction of sp³-hybridized carbons (Fsp3) is 0.125. The molecule has 9 heteroatoms. The van der Waals surface area contributed by atoms with Gasteiger partial charge >= 0.3 is 5.97 Å². The second-order valence-corrected chi connectivity index (χ2v) is 8.07. The lowest BCUT2D eigenvalue weighted by molar-refractivity contribution is -0.119. The molecule has 1 N–H and O–H groups in total. The molecule has 0 spiro atoms. The Balaban J connectivity index is 1.38. The molecule has 2 heterocycles. The van der Waals surface area contributed by atoms with Crippen molar-refractivity contribution >= 4 is 40.0 Å². The van der Waals surface area contributed by atoms with Crippen LogP contribution in [-0.4, -0.2) is 41.7 Å². The van der Waals surface area contributed by atoms with Crippen LogP contribution in [-0.2, 0) is 16.0 Å². The van der Waals surface area contributed by atoms with Gasteiger partial charge in [0, 0.05) is 6.54 Å². The summed E-state index contributed by atoms with van der Waals surface area (Å²) in [5, 5.41) is 13.5. The molecular weight excluding hydrogens is 442 g/mol. The third-order valence-electron chi connectivity index (χ3n) is 5.05. The summed E-state index contributed by atoms with van der Waals surface area (Å²) >= 11 is 1.18. The zero-order valence-electron chi connectivity index (χ0n) is 17.2. The first-order chi connectivity index (χ1) is 16.0. The quantitative estimate of drug-likeness (QED) is 0.428. The number of hydrogen-bond donors (Lipinski definition) is 1. The number of hydrogen-bond acceptors (Lipinski definition) is 7. The standard InChI is InChI=1S/C24H17N3O5S/c25-13-17-9-11-33-21(17)26-20(28)14-32-24(31)16-6-7-18-19(12-16)23(30)27(22(18)29)10-8-15-4-2-1-3-5-15/h1-7,9,11-12H,8,10,14H2,(H,26,28). The third-order valence-corrected chi connectivity index (χ3v) is 5.88. The molecule has 0 atom stereocenters. The lowest BCUT2D eigenvalue weighted by Gasteiger charge is -2.13. The molecule has 1 aromatic heterocycles. The molecule has 8 nitrogen and oxygen atoms in total. The number of thiophene rings is 1. The number of carbonyl (C=O) groups excluding carboxylic acids is 4. The van der Waals surface area contributed by atoms with Gasteiger partial charge in [0.25, 0.3) is 17.7 Å². The average Bonchev–Trinajstić information content (AvgIpc) is 3.38. The maximum atomic E-state index is 12.8. The highest BCUT2D eigenvalue weighted by Gasteiger charge is 2.35. The number of anilines is 1. The van der Waals surface area contributed by atoms with Crippen molar-refractivity contribution in [2.45, 2.75) is 6.42 Å². The molecule has 0 fully saturated rings. The van der Waals surface area contributed by atoms with E-state index in [1.54, 1.807) is 11.4 Å². The van der Waals surface area contributed by atoms with Crippen LogP contribution < -0.4 is 5.32 Å². The Morgan fingerprint density at radius 2 is 1.79 bits per heavy atom. The summed E-state index contributed by atoms with van der Waals surface area (Å²) in [6, 6.07) is 17.1. The number of benzene rings is 2. The fourth-order valence-electron chi connectivity index (χ4n) is 3.38. The van der Waals surface area contributed by atoms with Gasteiger partial charge in [0.1, 0.15) is 11.1 Å². The highest BCUT2D eigenvalue weighted by Crippen LogP contribution is 2.25. The molecule has 1 aliphatic rings. The molecule has 0 unspecified atom stereocenters. The number of rotatable bonds is 7. The highest BCUT2D eigenvalue weighted by atomic mass is 32.1. The van der Waals surface area contributed by atoms with Crippen LogP contribution in [0.25, 0.3) is 0 Å². The predicted octanol–water partition coefficient (Wildman–Crippen LogP) is 3.25. The number of nitriles is 1. The lowest BCUT2D eigenvalue weighted by Crippen LogP contribution is -2.31. The molecule has 33 heavy (non-hydrogen) atoms. The Bertz CT molecular complexity index is 1290. The Morgan fingerprint density at radius 1 is 1.03 bits per heavy atom. The second kappa shape index (κ2) is 9.46. The normalized spacial score (nSPS) is 12.3. The van der Waals surface area contributed by atoms with E-state index >= 15 is 0 Å². The van der Waals surface area contributed by atoms with Gasteiger partial charge in [-0.2, -0.15) is 5.26 Å². The van der Waals surface area contributed by atoms with Crippen LogP contribution in [0, 0.1) is 11.3 Å². The van der Waals surface area contributed by atoms with Crippen molar-refractivity contribution < 1.29 is 23.9 Å². The Labute approximate surface area is 193 Å². The van der Waals surface area contributed by atoms with E-state index in [1.165, 1.54) is 29.5 Å². The number of ether oxygens (including phenoxy) is 1. The maximum absolute atomic E-state index is 12.8. The van der Waals surface area contributed by atoms with Crippen molar-refractivity contribution in [2.24, 2.45) is 0 Å². The molecule has 0 aliphatic carbocycles. The molecule has 0 radical (unpaired) electrons. The minimum Gasteiger partial charge on any atom is -0.452 e. The van der Waals surface area contributed by atoms with Crippen LogP contribution in [0.3, 0.4) is 0 Å². The van der Waals surface area contributed by atoms with Crippen molar-refractivity contribution in [2.75, 3.05) is 18.5 Å². The molecule has 2 aromatic carbocycles. The van der Waals surface area contributed by atoms with E-state index in [9.17, 15) is 19.2 Å². The van der Waals surface area contributed by atoms with E-state index in [2.05, 4.69) is 5.32 Å². The van der Waals surface area contributed by atoms with Gasteiger partial charge in [-0.1, -0.05) is 30.3 Å². The van der Waals surface area contributed by atoms with E-state index in [-0.39, 0.29) is 23.2 Å². The van der Waals surface area contributed by atoms with Crippen molar-refractivity contribution in [1.29, 1.82) is 5.26 Å². The maximum Gasteiger partial charge on any atom is 0.338 e. The first-order valence-electron chi connectivity index (χ1n) is 9.96. The van der Waals surface area contributed by atoms with Gasteiger partial charge in [-0.25, -0.2) is 4.79 Å². The van der Waals surface area contributed by atoms with Gasteiger partial charge < -0.3 is 10.1 Å². The number of imide groups is 1. The smallest absolute Gasteiger partial charge is 0.338 e. The van der Waals surface area contributed by atoms with Gasteiger partial charge in [0.15, 0.2) is 6.61 Å². The zero-order valence-corrected chi connectivity index (χ0v) is 18.1. The molecule has 1 aliphatic heterocycles. The van der Waals surface area contributed by atoms with Crippen LogP contribution in [0.4, 0.5) is 5.00 Å². The summed E-state index contributed by atoms with van der Waals surface area (Å²) < 4.78 is 5.03. The number of esters is 1. The van der Waals surface area contributed by atoms with Crippen LogP contribution in [0.1, 0.15) is 42.2 Å². The minimum atomic E-state index is -0.803. The zero-order chi connectivity index (χ0) is 23.4. The molecule has 0 saturated heterocycles. The summed E-state index contributed by atoms with van der Waals surface area (Å²) in [7, 11) is 0. The van der Waals surface area contributed by atoms with E-state index < -0.39 is 30.3 Å². The monoisotopic (exact) mass is 459 g/mol. The summed E-state index contributed by atoms with van der Waals surface area (Å²) in [6.07, 6.45) is 0.522. The van der Waals surface area contributed by atoms with Gasteiger partial charge in [0.2, 0.25) is 0 Å². The predicted molar refractivity (Wildman–Crippen MR) is 120 cm³/mol. The number of nitrogens with one attached hydrogen (secondary N) is 1.